The summed E-state index contributed by atoms with van der Waals surface area (Å²) in [5.74, 6) is 0.496. The van der Waals surface area contributed by atoms with E-state index in [0.717, 1.165) is 4.68 Å². The molecule has 116 valence electrons. The number of nitrogens with zero attached hydrogens (tertiary/aromatic N) is 7. The van der Waals surface area contributed by atoms with Crippen molar-refractivity contribution in [3.05, 3.63) is 30.0 Å². The van der Waals surface area contributed by atoms with Crippen LogP contribution in [0.5, 0.6) is 0 Å². The van der Waals surface area contributed by atoms with E-state index >= 15 is 0 Å². The van der Waals surface area contributed by atoms with Crippen molar-refractivity contribution in [2.24, 2.45) is 7.05 Å². The van der Waals surface area contributed by atoms with Crippen LogP contribution in [0.15, 0.2) is 23.0 Å². The average Bonchev–Trinajstić information content (AvgIpc) is 3.10. The van der Waals surface area contributed by atoms with Gasteiger partial charge in [0.15, 0.2) is 5.69 Å². The smallest absolute Gasteiger partial charge is 0.338 e. The van der Waals surface area contributed by atoms with Gasteiger partial charge < -0.3 is 4.52 Å². The molecule has 11 heteroatoms. The van der Waals surface area contributed by atoms with E-state index in [1.54, 1.807) is 13.2 Å². The quantitative estimate of drug-likeness (QED) is 0.719. The Labute approximate surface area is 121 Å². The van der Waals surface area contributed by atoms with Crippen LogP contribution in [0.1, 0.15) is 11.6 Å². The zero-order valence-corrected chi connectivity index (χ0v) is 11.3. The Balaban J connectivity index is 1.70. The summed E-state index contributed by atoms with van der Waals surface area (Å²) in [6, 6.07) is 1.47. The minimum Gasteiger partial charge on any atom is -0.338 e. The third kappa shape index (κ3) is 3.30. The van der Waals surface area contributed by atoms with Crippen LogP contribution in [0.2, 0.25) is 0 Å². The van der Waals surface area contributed by atoms with Gasteiger partial charge in [0.05, 0.1) is 18.3 Å². The molecule has 0 saturated carbocycles. The van der Waals surface area contributed by atoms with Crippen LogP contribution >= 0.6 is 0 Å². The zero-order chi connectivity index (χ0) is 15.7. The maximum Gasteiger partial charge on any atom is 0.408 e. The molecule has 3 rings (SSSR count). The molecule has 0 aliphatic heterocycles. The highest BCUT2D eigenvalue weighted by atomic mass is 19.4. The standard InChI is InChI=1S/C11H10F3N7O/c1-20-5-8(16-19-20)10-15-9(22-18-10)4-7-2-3-21(17-7)6-11(12,13)14/h2-3,5H,4,6H2,1H3. The van der Waals surface area contributed by atoms with E-state index in [1.807, 2.05) is 0 Å². The molecule has 0 atom stereocenters. The van der Waals surface area contributed by atoms with Crippen molar-refractivity contribution in [1.29, 1.82) is 0 Å². The third-order valence-electron chi connectivity index (χ3n) is 2.67. The molecule has 0 unspecified atom stereocenters. The topological polar surface area (TPSA) is 87.5 Å². The van der Waals surface area contributed by atoms with Crippen molar-refractivity contribution in [3.63, 3.8) is 0 Å². The summed E-state index contributed by atoms with van der Waals surface area (Å²) in [7, 11) is 1.70. The summed E-state index contributed by atoms with van der Waals surface area (Å²) >= 11 is 0. The lowest BCUT2D eigenvalue weighted by molar-refractivity contribution is -0.142. The summed E-state index contributed by atoms with van der Waals surface area (Å²) in [5.41, 5.74) is 0.846. The molecule has 3 heterocycles. The van der Waals surface area contributed by atoms with Crippen molar-refractivity contribution in [2.75, 3.05) is 0 Å². The fraction of sp³-hybridized carbons (Fsp3) is 0.364. The predicted molar refractivity (Wildman–Crippen MR) is 65.4 cm³/mol. The lowest BCUT2D eigenvalue weighted by atomic mass is 10.3. The molecule has 0 spiro atoms. The number of halogens is 3. The largest absolute Gasteiger partial charge is 0.408 e. The second-order valence-electron chi connectivity index (χ2n) is 4.59. The summed E-state index contributed by atoms with van der Waals surface area (Å²) in [6.45, 7) is -1.14. The number of rotatable bonds is 4. The molecule has 0 radical (unpaired) electrons. The van der Waals surface area contributed by atoms with Crippen molar-refractivity contribution in [2.45, 2.75) is 19.1 Å². The van der Waals surface area contributed by atoms with Crippen LogP contribution in [0, 0.1) is 0 Å². The molecule has 0 amide bonds. The molecule has 0 aliphatic carbocycles. The van der Waals surface area contributed by atoms with Crippen LogP contribution in [-0.4, -0.2) is 41.1 Å². The Kier molecular flexibility index (Phi) is 3.39. The number of alkyl halides is 3. The van der Waals surface area contributed by atoms with Crippen LogP contribution in [0.3, 0.4) is 0 Å². The summed E-state index contributed by atoms with van der Waals surface area (Å²) in [5, 5.41) is 15.1. The van der Waals surface area contributed by atoms with Gasteiger partial charge >= 0.3 is 6.18 Å². The number of hydrogen-bond acceptors (Lipinski definition) is 6. The Morgan fingerprint density at radius 3 is 2.82 bits per heavy atom. The van der Waals surface area contributed by atoms with Gasteiger partial charge in [-0.3, -0.25) is 9.36 Å². The number of hydrogen-bond donors (Lipinski definition) is 0. The minimum absolute atomic E-state index is 0.137. The van der Waals surface area contributed by atoms with Gasteiger partial charge in [0.25, 0.3) is 0 Å². The van der Waals surface area contributed by atoms with E-state index in [9.17, 15) is 13.2 Å². The second kappa shape index (κ2) is 5.24. The Morgan fingerprint density at radius 2 is 2.14 bits per heavy atom. The first-order valence-corrected chi connectivity index (χ1v) is 6.17. The molecular weight excluding hydrogens is 303 g/mol. The summed E-state index contributed by atoms with van der Waals surface area (Å²) in [6.07, 6.45) is -1.31. The van der Waals surface area contributed by atoms with Gasteiger partial charge in [-0.1, -0.05) is 10.4 Å². The van der Waals surface area contributed by atoms with E-state index in [2.05, 4.69) is 25.6 Å². The van der Waals surface area contributed by atoms with E-state index in [0.29, 0.717) is 11.4 Å². The van der Waals surface area contributed by atoms with Gasteiger partial charge in [-0.25, -0.2) is 0 Å². The average molecular weight is 313 g/mol. The fourth-order valence-electron chi connectivity index (χ4n) is 1.81. The monoisotopic (exact) mass is 313 g/mol. The highest BCUT2D eigenvalue weighted by Gasteiger charge is 2.28. The Bertz CT molecular complexity index is 773. The van der Waals surface area contributed by atoms with Crippen LogP contribution in [-0.2, 0) is 20.0 Å². The predicted octanol–water partition coefficient (Wildman–Crippen LogP) is 1.21. The van der Waals surface area contributed by atoms with Gasteiger partial charge in [0, 0.05) is 13.2 Å². The normalized spacial score (nSPS) is 12.0. The van der Waals surface area contributed by atoms with Crippen molar-refractivity contribution < 1.29 is 17.7 Å². The molecule has 0 bridgehead atoms. The van der Waals surface area contributed by atoms with Crippen molar-refractivity contribution >= 4 is 0 Å². The fourth-order valence-corrected chi connectivity index (χ4v) is 1.81. The maximum absolute atomic E-state index is 12.3. The second-order valence-corrected chi connectivity index (χ2v) is 4.59. The third-order valence-corrected chi connectivity index (χ3v) is 2.67. The van der Waals surface area contributed by atoms with Crippen LogP contribution < -0.4 is 0 Å². The number of aromatic nitrogens is 7. The Hall–Kier alpha value is -2.72. The lowest BCUT2D eigenvalue weighted by Gasteiger charge is -2.05. The first kappa shape index (κ1) is 14.2. The molecule has 0 aromatic carbocycles. The van der Waals surface area contributed by atoms with Gasteiger partial charge in [0.2, 0.25) is 11.7 Å². The molecule has 0 fully saturated rings. The van der Waals surface area contributed by atoms with Gasteiger partial charge in [0.1, 0.15) is 6.54 Å². The van der Waals surface area contributed by atoms with Crippen LogP contribution in [0.4, 0.5) is 13.2 Å². The van der Waals surface area contributed by atoms with E-state index in [1.165, 1.54) is 16.9 Å². The first-order valence-electron chi connectivity index (χ1n) is 6.17. The summed E-state index contributed by atoms with van der Waals surface area (Å²) < 4.78 is 44.1. The molecule has 22 heavy (non-hydrogen) atoms. The Morgan fingerprint density at radius 1 is 1.32 bits per heavy atom. The molecule has 0 saturated heterocycles. The molecule has 0 N–H and O–H groups in total. The highest BCUT2D eigenvalue weighted by Crippen LogP contribution is 2.18. The van der Waals surface area contributed by atoms with Gasteiger partial charge in [-0.15, -0.1) is 5.10 Å². The molecule has 8 nitrogen and oxygen atoms in total. The lowest BCUT2D eigenvalue weighted by Crippen LogP contribution is -2.18. The zero-order valence-electron chi connectivity index (χ0n) is 11.3. The number of aryl methyl sites for hydroxylation is 1. The first-order chi connectivity index (χ1) is 10.4. The van der Waals surface area contributed by atoms with Crippen LogP contribution in [0.25, 0.3) is 11.5 Å². The highest BCUT2D eigenvalue weighted by molar-refractivity contribution is 5.45. The van der Waals surface area contributed by atoms with Gasteiger partial charge in [-0.05, 0) is 6.07 Å². The van der Waals surface area contributed by atoms with E-state index in [-0.39, 0.29) is 18.1 Å². The minimum atomic E-state index is -4.31. The summed E-state index contributed by atoms with van der Waals surface area (Å²) in [4.78, 5) is 4.11. The van der Waals surface area contributed by atoms with Crippen molar-refractivity contribution in [3.8, 4) is 11.5 Å². The molecule has 0 aliphatic rings. The van der Waals surface area contributed by atoms with Crippen molar-refractivity contribution in [1.82, 2.24) is 34.9 Å². The van der Waals surface area contributed by atoms with Gasteiger partial charge in [-0.2, -0.15) is 23.3 Å². The van der Waals surface area contributed by atoms with E-state index < -0.39 is 12.7 Å². The SMILES string of the molecule is Cn1cc(-c2noc(Cc3ccn(CC(F)(F)F)n3)n2)nn1. The molecular formula is C11H10F3N7O. The molecule has 3 aromatic rings. The molecule has 3 aromatic heterocycles. The maximum atomic E-state index is 12.3. The van der Waals surface area contributed by atoms with E-state index in [4.69, 9.17) is 4.52 Å².